The van der Waals surface area contributed by atoms with Crippen molar-refractivity contribution in [2.24, 2.45) is 0 Å². The van der Waals surface area contributed by atoms with Crippen molar-refractivity contribution in [3.63, 3.8) is 0 Å². The molecule has 2 aliphatic rings. The fourth-order valence-electron chi connectivity index (χ4n) is 7.13. The quantitative estimate of drug-likeness (QED) is 0.0973. The normalized spacial score (nSPS) is 15.9. The van der Waals surface area contributed by atoms with E-state index in [0.717, 1.165) is 11.0 Å². The van der Waals surface area contributed by atoms with Gasteiger partial charge in [-0.3, -0.25) is 18.2 Å². The molecule has 370 valence electrons. The SMILES string of the molecule is CC(F)(F)Oc1ccc(COC(=O)N2CCN(CCS(=O)c3ccc4n[nH]nc4c3)CC2)cc1.CC(F)(F)Oc1ccc(COC(=O)N2CCN(CCS(=O)c3ccc4n[nH]nc4c3)CC2)cc1Cl. The minimum Gasteiger partial charge on any atom is -0.445 e. The number of fused-ring (bicyclic) bond motifs is 2. The van der Waals surface area contributed by atoms with E-state index in [0.29, 0.717) is 123 Å². The number of nitrogens with one attached hydrogen (secondary N) is 2. The van der Waals surface area contributed by atoms with E-state index in [1.165, 1.54) is 30.3 Å². The Hall–Kier alpha value is -5.95. The summed E-state index contributed by atoms with van der Waals surface area (Å²) < 4.78 is 96.7. The van der Waals surface area contributed by atoms with E-state index in [2.05, 4.69) is 50.1 Å². The Morgan fingerprint density at radius 1 is 0.594 bits per heavy atom. The van der Waals surface area contributed by atoms with Gasteiger partial charge in [-0.15, -0.1) is 0 Å². The predicted octanol–water partition coefficient (Wildman–Crippen LogP) is 6.68. The summed E-state index contributed by atoms with van der Waals surface area (Å²) in [4.78, 5) is 33.7. The van der Waals surface area contributed by atoms with Gasteiger partial charge >= 0.3 is 24.4 Å². The molecule has 2 unspecified atom stereocenters. The lowest BCUT2D eigenvalue weighted by Crippen LogP contribution is -2.49. The summed E-state index contributed by atoms with van der Waals surface area (Å²) in [6, 6.07) is 21.0. The number of alkyl halides is 4. The molecule has 0 saturated carbocycles. The zero-order valence-corrected chi connectivity index (χ0v) is 39.8. The highest BCUT2D eigenvalue weighted by Gasteiger charge is 2.27. The standard InChI is InChI=1S/C22H24ClF2N5O4S.C22H25F2N5O4S/c1-22(24,25)34-20-5-2-15(12-17(20)23)14-33-21(31)30-8-6-29(7-9-30)10-11-35(32)16-3-4-18-19(13-16)27-28-26-18;1-22(23,24)33-17-4-2-16(3-5-17)15-32-21(30)29-10-8-28(9-11-29)12-13-34(31)18-6-7-19-20(14-18)26-27-25-19/h2-5,12-13H,6-11,14H2,1H3,(H,26,27,28);2-7,14H,8-13,15H2,1H3,(H,25,26,27). The van der Waals surface area contributed by atoms with Crippen LogP contribution in [-0.2, 0) is 44.3 Å². The van der Waals surface area contributed by atoms with Gasteiger partial charge in [0.05, 0.1) is 26.6 Å². The highest BCUT2D eigenvalue weighted by atomic mass is 35.5. The molecule has 2 N–H and O–H groups in total. The van der Waals surface area contributed by atoms with Crippen molar-refractivity contribution in [1.29, 1.82) is 0 Å². The second-order valence-electron chi connectivity index (χ2n) is 16.0. The maximum Gasteiger partial charge on any atom is 0.410 e. The molecule has 2 atom stereocenters. The molecule has 2 aliphatic heterocycles. The van der Waals surface area contributed by atoms with E-state index in [4.69, 9.17) is 21.1 Å². The molecule has 69 heavy (non-hydrogen) atoms. The number of aromatic nitrogens is 6. The summed E-state index contributed by atoms with van der Waals surface area (Å²) in [6.45, 7) is 7.14. The van der Waals surface area contributed by atoms with Crippen LogP contribution in [0.15, 0.2) is 88.7 Å². The minimum atomic E-state index is -3.35. The van der Waals surface area contributed by atoms with Crippen molar-refractivity contribution in [1.82, 2.24) is 50.4 Å². The maximum atomic E-state index is 13.0. The van der Waals surface area contributed by atoms with Crippen LogP contribution in [0.3, 0.4) is 0 Å². The second-order valence-corrected chi connectivity index (χ2v) is 19.6. The van der Waals surface area contributed by atoms with Crippen LogP contribution < -0.4 is 9.47 Å². The van der Waals surface area contributed by atoms with E-state index in [-0.39, 0.29) is 29.7 Å². The van der Waals surface area contributed by atoms with Crippen LogP contribution in [0.4, 0.5) is 27.2 Å². The lowest BCUT2D eigenvalue weighted by molar-refractivity contribution is -0.159. The molecule has 2 saturated heterocycles. The van der Waals surface area contributed by atoms with Crippen molar-refractivity contribution in [2.45, 2.75) is 49.1 Å². The zero-order chi connectivity index (χ0) is 49.1. The number of halogens is 5. The number of amides is 2. The Balaban J connectivity index is 0.000000204. The first kappa shape index (κ1) is 50.9. The highest BCUT2D eigenvalue weighted by molar-refractivity contribution is 7.85. The van der Waals surface area contributed by atoms with E-state index in [1.807, 2.05) is 0 Å². The molecule has 25 heteroatoms. The lowest BCUT2D eigenvalue weighted by Gasteiger charge is -2.33. The monoisotopic (exact) mass is 1020 g/mol. The van der Waals surface area contributed by atoms with Crippen LogP contribution in [-0.4, -0.2) is 160 Å². The lowest BCUT2D eigenvalue weighted by atomic mass is 10.2. The summed E-state index contributed by atoms with van der Waals surface area (Å²) in [7, 11) is -2.32. The van der Waals surface area contributed by atoms with Gasteiger partial charge in [0.15, 0.2) is 0 Å². The number of piperazine rings is 2. The molecule has 0 spiro atoms. The number of nitrogens with zero attached hydrogens (tertiary/aromatic N) is 8. The summed E-state index contributed by atoms with van der Waals surface area (Å²) in [6.07, 6.45) is -7.49. The topological polar surface area (TPSA) is 201 Å². The van der Waals surface area contributed by atoms with E-state index in [1.54, 1.807) is 58.3 Å². The van der Waals surface area contributed by atoms with Gasteiger partial charge in [-0.25, -0.2) is 9.59 Å². The van der Waals surface area contributed by atoms with E-state index >= 15 is 0 Å². The molecule has 18 nitrogen and oxygen atoms in total. The first-order valence-electron chi connectivity index (χ1n) is 21.6. The van der Waals surface area contributed by atoms with Crippen LogP contribution in [0, 0.1) is 0 Å². The van der Waals surface area contributed by atoms with Gasteiger partial charge < -0.3 is 28.7 Å². The van der Waals surface area contributed by atoms with Crippen molar-refractivity contribution in [3.05, 3.63) is 95.0 Å². The molecule has 2 amide bonds. The Labute approximate surface area is 403 Å². The average Bonchev–Trinajstić information content (AvgIpc) is 4.01. The van der Waals surface area contributed by atoms with E-state index < -0.39 is 46.0 Å². The van der Waals surface area contributed by atoms with Gasteiger partial charge in [-0.1, -0.05) is 29.8 Å². The number of ether oxygens (including phenoxy) is 4. The minimum absolute atomic E-state index is 0.00650. The summed E-state index contributed by atoms with van der Waals surface area (Å²) in [5.74, 6) is 0.846. The van der Waals surface area contributed by atoms with Crippen LogP contribution in [0.5, 0.6) is 11.5 Å². The second kappa shape index (κ2) is 23.1. The first-order chi connectivity index (χ1) is 32.9. The molecule has 0 radical (unpaired) electrons. The number of rotatable bonds is 16. The molecule has 0 bridgehead atoms. The van der Waals surface area contributed by atoms with Gasteiger partial charge in [0.1, 0.15) is 46.8 Å². The zero-order valence-electron chi connectivity index (χ0n) is 37.5. The predicted molar refractivity (Wildman–Crippen MR) is 247 cm³/mol. The third-order valence-electron chi connectivity index (χ3n) is 10.8. The molecule has 6 aromatic rings. The Kier molecular flexibility index (Phi) is 17.0. The van der Waals surface area contributed by atoms with Crippen LogP contribution in [0.25, 0.3) is 22.1 Å². The number of aromatic amines is 2. The van der Waals surface area contributed by atoms with Gasteiger partial charge in [-0.05, 0) is 71.8 Å². The molecule has 4 aromatic carbocycles. The number of hydrogen-bond donors (Lipinski definition) is 2. The van der Waals surface area contributed by atoms with Crippen LogP contribution in [0.2, 0.25) is 5.02 Å². The third kappa shape index (κ3) is 15.3. The molecule has 8 rings (SSSR count). The van der Waals surface area contributed by atoms with Crippen molar-refractivity contribution in [3.8, 4) is 11.5 Å². The smallest absolute Gasteiger partial charge is 0.410 e. The molecule has 2 fully saturated rings. The van der Waals surface area contributed by atoms with Gasteiger partial charge in [0.25, 0.3) is 0 Å². The van der Waals surface area contributed by atoms with Gasteiger partial charge in [0, 0.05) is 101 Å². The number of carbonyl (C=O) groups excluding carboxylic acids is 2. The van der Waals surface area contributed by atoms with Crippen LogP contribution >= 0.6 is 11.6 Å². The number of carbonyl (C=O) groups is 2. The number of H-pyrrole nitrogens is 2. The number of hydrogen-bond acceptors (Lipinski definition) is 14. The molecule has 2 aromatic heterocycles. The summed E-state index contributed by atoms with van der Waals surface area (Å²) >= 11 is 5.98. The van der Waals surface area contributed by atoms with Crippen molar-refractivity contribution >= 4 is 67.5 Å². The van der Waals surface area contributed by atoms with Gasteiger partial charge in [-0.2, -0.15) is 48.4 Å². The third-order valence-corrected chi connectivity index (χ3v) is 13.7. The fraction of sp³-hybridized carbons (Fsp3) is 0.409. The Morgan fingerprint density at radius 2 is 1.03 bits per heavy atom. The largest absolute Gasteiger partial charge is 0.445 e. The van der Waals surface area contributed by atoms with Crippen molar-refractivity contribution < 1.29 is 54.5 Å². The Morgan fingerprint density at radius 3 is 1.48 bits per heavy atom. The highest BCUT2D eigenvalue weighted by Crippen LogP contribution is 2.30. The van der Waals surface area contributed by atoms with Crippen LogP contribution in [0.1, 0.15) is 25.0 Å². The summed E-state index contributed by atoms with van der Waals surface area (Å²) in [5.41, 5.74) is 4.05. The molecule has 4 heterocycles. The average molecular weight is 1020 g/mol. The summed E-state index contributed by atoms with van der Waals surface area (Å²) in [5, 5.41) is 21.1. The molecular weight excluding hydrogens is 972 g/mol. The molecular formula is C44H49ClF4N10O8S2. The first-order valence-corrected chi connectivity index (χ1v) is 24.6. The number of benzene rings is 4. The molecule has 0 aliphatic carbocycles. The van der Waals surface area contributed by atoms with Crippen molar-refractivity contribution in [2.75, 3.05) is 77.0 Å². The fourth-order valence-corrected chi connectivity index (χ4v) is 9.62. The Bertz CT molecular complexity index is 2730. The van der Waals surface area contributed by atoms with Gasteiger partial charge in [0.2, 0.25) is 0 Å². The van der Waals surface area contributed by atoms with E-state index in [9.17, 15) is 35.6 Å². The maximum absolute atomic E-state index is 13.0.